The molecular formula is C17H21FN4O3S. The number of ether oxygens (including phenoxy) is 1. The number of sulfonamides is 1. The number of aromatic nitrogens is 2. The molecule has 1 aromatic carbocycles. The van der Waals surface area contributed by atoms with Gasteiger partial charge >= 0.3 is 0 Å². The third-order valence-electron chi connectivity index (χ3n) is 4.43. The van der Waals surface area contributed by atoms with E-state index >= 15 is 0 Å². The van der Waals surface area contributed by atoms with E-state index in [9.17, 15) is 12.8 Å². The second-order valence-corrected chi connectivity index (χ2v) is 7.86. The summed E-state index contributed by atoms with van der Waals surface area (Å²) in [7, 11) is -2.49. The largest absolute Gasteiger partial charge is 0.495 e. The van der Waals surface area contributed by atoms with Gasteiger partial charge in [0, 0.05) is 32.0 Å². The van der Waals surface area contributed by atoms with E-state index in [0.717, 1.165) is 32.0 Å². The van der Waals surface area contributed by atoms with Crippen LogP contribution in [0.4, 0.5) is 10.3 Å². The number of nitrogens with one attached hydrogen (secondary N) is 1. The maximum Gasteiger partial charge on any atom is 0.244 e. The summed E-state index contributed by atoms with van der Waals surface area (Å²) in [5.74, 6) is 0.387. The molecule has 3 rings (SSSR count). The molecule has 0 amide bonds. The third kappa shape index (κ3) is 4.28. The first-order valence-electron chi connectivity index (χ1n) is 8.35. The van der Waals surface area contributed by atoms with Crippen LogP contribution in [0, 0.1) is 11.7 Å². The van der Waals surface area contributed by atoms with Gasteiger partial charge in [0.25, 0.3) is 0 Å². The van der Waals surface area contributed by atoms with Crippen molar-refractivity contribution in [3.63, 3.8) is 0 Å². The number of piperidine rings is 1. The number of methoxy groups -OCH3 is 1. The van der Waals surface area contributed by atoms with Gasteiger partial charge in [0.1, 0.15) is 16.5 Å². The average molecular weight is 380 g/mol. The first kappa shape index (κ1) is 18.5. The SMILES string of the molecule is COc1ccc(F)cc1S(=O)(=O)NCC1CCN(c2ncccn2)CC1. The van der Waals surface area contributed by atoms with Crippen molar-refractivity contribution >= 4 is 16.0 Å². The van der Waals surface area contributed by atoms with Crippen molar-refractivity contribution in [3.8, 4) is 5.75 Å². The minimum atomic E-state index is -3.84. The third-order valence-corrected chi connectivity index (χ3v) is 5.87. The summed E-state index contributed by atoms with van der Waals surface area (Å²) < 4.78 is 46.1. The van der Waals surface area contributed by atoms with E-state index in [4.69, 9.17) is 4.74 Å². The highest BCUT2D eigenvalue weighted by molar-refractivity contribution is 7.89. The number of benzene rings is 1. The van der Waals surface area contributed by atoms with Crippen LogP contribution in [0.5, 0.6) is 5.75 Å². The molecule has 0 bridgehead atoms. The topological polar surface area (TPSA) is 84.4 Å². The Balaban J connectivity index is 1.59. The van der Waals surface area contributed by atoms with E-state index in [1.54, 1.807) is 18.5 Å². The maximum atomic E-state index is 13.4. The number of hydrogen-bond donors (Lipinski definition) is 1. The van der Waals surface area contributed by atoms with Crippen LogP contribution in [0.2, 0.25) is 0 Å². The van der Waals surface area contributed by atoms with Crippen LogP contribution < -0.4 is 14.4 Å². The zero-order valence-corrected chi connectivity index (χ0v) is 15.2. The fourth-order valence-corrected chi connectivity index (χ4v) is 4.25. The molecule has 9 heteroatoms. The first-order chi connectivity index (χ1) is 12.5. The molecule has 1 N–H and O–H groups in total. The van der Waals surface area contributed by atoms with Crippen LogP contribution in [0.1, 0.15) is 12.8 Å². The van der Waals surface area contributed by atoms with Crippen LogP contribution in [-0.2, 0) is 10.0 Å². The summed E-state index contributed by atoms with van der Waals surface area (Å²) in [5, 5.41) is 0. The smallest absolute Gasteiger partial charge is 0.244 e. The Hall–Kier alpha value is -2.26. The van der Waals surface area contributed by atoms with E-state index in [-0.39, 0.29) is 16.6 Å². The van der Waals surface area contributed by atoms with Crippen molar-refractivity contribution in [1.29, 1.82) is 0 Å². The minimum Gasteiger partial charge on any atom is -0.495 e. The number of halogens is 1. The molecule has 0 radical (unpaired) electrons. The Morgan fingerprint density at radius 2 is 1.96 bits per heavy atom. The van der Waals surface area contributed by atoms with E-state index in [0.29, 0.717) is 12.5 Å². The monoisotopic (exact) mass is 380 g/mol. The Labute approximate surface area is 152 Å². The molecule has 0 atom stereocenters. The lowest BCUT2D eigenvalue weighted by Crippen LogP contribution is -2.39. The molecular weight excluding hydrogens is 359 g/mol. The lowest BCUT2D eigenvalue weighted by Gasteiger charge is -2.31. The molecule has 26 heavy (non-hydrogen) atoms. The zero-order chi connectivity index (χ0) is 18.6. The second-order valence-electron chi connectivity index (χ2n) is 6.13. The van der Waals surface area contributed by atoms with E-state index in [1.165, 1.54) is 19.2 Å². The van der Waals surface area contributed by atoms with Crippen molar-refractivity contribution < 1.29 is 17.5 Å². The van der Waals surface area contributed by atoms with Crippen molar-refractivity contribution in [2.45, 2.75) is 17.7 Å². The van der Waals surface area contributed by atoms with Crippen molar-refractivity contribution in [2.24, 2.45) is 5.92 Å². The van der Waals surface area contributed by atoms with Crippen molar-refractivity contribution in [2.75, 3.05) is 31.6 Å². The standard InChI is InChI=1S/C17H21FN4O3S/c1-25-15-4-3-14(18)11-16(15)26(23,24)21-12-13-5-9-22(10-6-13)17-19-7-2-8-20-17/h2-4,7-8,11,13,21H,5-6,9-10,12H2,1H3. The lowest BCUT2D eigenvalue weighted by molar-refractivity contribution is 0.393. The van der Waals surface area contributed by atoms with Gasteiger partial charge in [-0.25, -0.2) is 27.5 Å². The molecule has 0 unspecified atom stereocenters. The van der Waals surface area contributed by atoms with Crippen LogP contribution in [-0.4, -0.2) is 45.1 Å². The Bertz CT molecular complexity index is 840. The second kappa shape index (κ2) is 7.96. The van der Waals surface area contributed by atoms with Gasteiger partial charge in [0.05, 0.1) is 7.11 Å². The number of hydrogen-bond acceptors (Lipinski definition) is 6. The fourth-order valence-electron chi connectivity index (χ4n) is 2.96. The lowest BCUT2D eigenvalue weighted by atomic mass is 9.97. The van der Waals surface area contributed by atoms with E-state index < -0.39 is 15.8 Å². The summed E-state index contributed by atoms with van der Waals surface area (Å²) in [4.78, 5) is 10.4. The summed E-state index contributed by atoms with van der Waals surface area (Å²) in [6.45, 7) is 1.82. The number of anilines is 1. The highest BCUT2D eigenvalue weighted by Crippen LogP contribution is 2.25. The summed E-state index contributed by atoms with van der Waals surface area (Å²) >= 11 is 0. The maximum absolute atomic E-state index is 13.4. The normalized spacial score (nSPS) is 15.8. The molecule has 1 aromatic heterocycles. The fraction of sp³-hybridized carbons (Fsp3) is 0.412. The van der Waals surface area contributed by atoms with Gasteiger partial charge in [0.15, 0.2) is 0 Å². The van der Waals surface area contributed by atoms with E-state index in [1.807, 2.05) is 0 Å². The molecule has 0 aliphatic carbocycles. The van der Waals surface area contributed by atoms with Gasteiger partial charge in [-0.2, -0.15) is 0 Å². The van der Waals surface area contributed by atoms with Crippen LogP contribution in [0.25, 0.3) is 0 Å². The summed E-state index contributed by atoms with van der Waals surface area (Å²) in [6, 6.07) is 5.21. The van der Waals surface area contributed by atoms with Crippen LogP contribution in [0.3, 0.4) is 0 Å². The first-order valence-corrected chi connectivity index (χ1v) is 9.83. The molecule has 1 saturated heterocycles. The van der Waals surface area contributed by atoms with E-state index in [2.05, 4.69) is 19.6 Å². The predicted molar refractivity (Wildman–Crippen MR) is 95.1 cm³/mol. The number of rotatable bonds is 6. The molecule has 2 aromatic rings. The zero-order valence-electron chi connectivity index (χ0n) is 14.4. The average Bonchev–Trinajstić information content (AvgIpc) is 2.67. The number of nitrogens with zero attached hydrogens (tertiary/aromatic N) is 3. The molecule has 0 spiro atoms. The summed E-state index contributed by atoms with van der Waals surface area (Å²) in [5.41, 5.74) is 0. The summed E-state index contributed by atoms with van der Waals surface area (Å²) in [6.07, 6.45) is 5.05. The van der Waals surface area contributed by atoms with Gasteiger partial charge in [-0.05, 0) is 43.0 Å². The molecule has 7 nitrogen and oxygen atoms in total. The molecule has 1 aliphatic heterocycles. The van der Waals surface area contributed by atoms with Crippen molar-refractivity contribution in [1.82, 2.24) is 14.7 Å². The highest BCUT2D eigenvalue weighted by atomic mass is 32.2. The quantitative estimate of drug-likeness (QED) is 0.823. The minimum absolute atomic E-state index is 0.120. The van der Waals surface area contributed by atoms with Gasteiger partial charge in [0.2, 0.25) is 16.0 Å². The molecule has 2 heterocycles. The Kier molecular flexibility index (Phi) is 5.67. The van der Waals surface area contributed by atoms with Gasteiger partial charge in [-0.1, -0.05) is 0 Å². The molecule has 0 saturated carbocycles. The Morgan fingerprint density at radius 1 is 1.27 bits per heavy atom. The van der Waals surface area contributed by atoms with Gasteiger partial charge in [-0.15, -0.1) is 0 Å². The molecule has 1 fully saturated rings. The van der Waals surface area contributed by atoms with Crippen molar-refractivity contribution in [3.05, 3.63) is 42.5 Å². The Morgan fingerprint density at radius 3 is 2.62 bits per heavy atom. The molecule has 140 valence electrons. The van der Waals surface area contributed by atoms with Gasteiger partial charge < -0.3 is 9.64 Å². The highest BCUT2D eigenvalue weighted by Gasteiger charge is 2.25. The van der Waals surface area contributed by atoms with Crippen LogP contribution >= 0.6 is 0 Å². The molecule has 1 aliphatic rings. The predicted octanol–water partition coefficient (Wildman–Crippen LogP) is 1.82. The van der Waals surface area contributed by atoms with Crippen LogP contribution in [0.15, 0.2) is 41.6 Å². The van der Waals surface area contributed by atoms with Gasteiger partial charge in [-0.3, -0.25) is 0 Å².